The highest BCUT2D eigenvalue weighted by Crippen LogP contribution is 2.26. The second kappa shape index (κ2) is 7.23. The number of nitrogens with one attached hydrogen (secondary N) is 1. The Labute approximate surface area is 143 Å². The van der Waals surface area contributed by atoms with Crippen LogP contribution in [-0.2, 0) is 27.9 Å². The van der Waals surface area contributed by atoms with Gasteiger partial charge in [0.05, 0.1) is 18.0 Å². The van der Waals surface area contributed by atoms with E-state index in [0.29, 0.717) is 26.1 Å². The van der Waals surface area contributed by atoms with Crippen LogP contribution in [0.4, 0.5) is 11.4 Å². The Morgan fingerprint density at radius 2 is 1.88 bits per heavy atom. The molecule has 128 valence electrons. The molecule has 1 aliphatic heterocycles. The molecule has 5 nitrogen and oxygen atoms in total. The van der Waals surface area contributed by atoms with Gasteiger partial charge in [-0.3, -0.25) is 4.31 Å². The number of rotatable bonds is 6. The van der Waals surface area contributed by atoms with Crippen molar-refractivity contribution in [1.82, 2.24) is 0 Å². The van der Waals surface area contributed by atoms with Gasteiger partial charge in [-0.15, -0.1) is 0 Å². The standard InChI is InChI=1S/C18H22N2O3S/c1-23-14-16-8-6-15(7-9-16)13-19-17-4-2-5-18(12-17)20-10-3-11-24(20,21)22/h2,4-9,12,19H,3,10-11,13-14H2,1H3. The molecule has 1 saturated heterocycles. The van der Waals surface area contributed by atoms with E-state index in [1.165, 1.54) is 4.31 Å². The summed E-state index contributed by atoms with van der Waals surface area (Å²) in [5.41, 5.74) is 3.94. The van der Waals surface area contributed by atoms with E-state index >= 15 is 0 Å². The third-order valence-corrected chi connectivity index (χ3v) is 5.93. The summed E-state index contributed by atoms with van der Waals surface area (Å²) in [4.78, 5) is 0. The van der Waals surface area contributed by atoms with Crippen LogP contribution in [-0.4, -0.2) is 27.8 Å². The smallest absolute Gasteiger partial charge is 0.235 e. The van der Waals surface area contributed by atoms with E-state index in [4.69, 9.17) is 4.74 Å². The van der Waals surface area contributed by atoms with Gasteiger partial charge in [0.2, 0.25) is 10.0 Å². The van der Waals surface area contributed by atoms with Crippen LogP contribution < -0.4 is 9.62 Å². The van der Waals surface area contributed by atoms with Gasteiger partial charge in [0.15, 0.2) is 0 Å². The molecule has 1 N–H and O–H groups in total. The van der Waals surface area contributed by atoms with Crippen molar-refractivity contribution in [2.75, 3.05) is 29.0 Å². The molecular weight excluding hydrogens is 324 g/mol. The Morgan fingerprint density at radius 3 is 2.54 bits per heavy atom. The topological polar surface area (TPSA) is 58.6 Å². The number of benzene rings is 2. The molecule has 3 rings (SSSR count). The molecule has 0 atom stereocenters. The lowest BCUT2D eigenvalue weighted by Crippen LogP contribution is -2.25. The largest absolute Gasteiger partial charge is 0.381 e. The third-order valence-electron chi connectivity index (χ3n) is 4.06. The maximum atomic E-state index is 12.0. The first-order valence-corrected chi connectivity index (χ1v) is 9.60. The van der Waals surface area contributed by atoms with Gasteiger partial charge < -0.3 is 10.1 Å². The molecule has 0 bridgehead atoms. The lowest BCUT2D eigenvalue weighted by Gasteiger charge is -2.18. The van der Waals surface area contributed by atoms with Gasteiger partial charge in [-0.2, -0.15) is 0 Å². The molecule has 0 spiro atoms. The van der Waals surface area contributed by atoms with Crippen molar-refractivity contribution in [2.24, 2.45) is 0 Å². The fourth-order valence-electron chi connectivity index (χ4n) is 2.82. The van der Waals surface area contributed by atoms with Gasteiger partial charge in [0, 0.05) is 25.9 Å². The van der Waals surface area contributed by atoms with E-state index < -0.39 is 10.0 Å². The van der Waals surface area contributed by atoms with E-state index in [-0.39, 0.29) is 5.75 Å². The molecule has 0 amide bonds. The molecule has 0 unspecified atom stereocenters. The molecular formula is C18H22N2O3S. The van der Waals surface area contributed by atoms with Crippen molar-refractivity contribution in [3.63, 3.8) is 0 Å². The maximum Gasteiger partial charge on any atom is 0.235 e. The number of sulfonamides is 1. The summed E-state index contributed by atoms with van der Waals surface area (Å²) in [5, 5.41) is 3.35. The van der Waals surface area contributed by atoms with E-state index in [0.717, 1.165) is 22.5 Å². The maximum absolute atomic E-state index is 12.0. The zero-order chi connectivity index (χ0) is 17.0. The fraction of sp³-hybridized carbons (Fsp3) is 0.333. The minimum absolute atomic E-state index is 0.235. The quantitative estimate of drug-likeness (QED) is 0.874. The van der Waals surface area contributed by atoms with Crippen LogP contribution in [0.3, 0.4) is 0 Å². The Kier molecular flexibility index (Phi) is 5.06. The Balaban J connectivity index is 1.66. The summed E-state index contributed by atoms with van der Waals surface area (Å²) < 4.78 is 30.7. The van der Waals surface area contributed by atoms with Crippen molar-refractivity contribution in [1.29, 1.82) is 0 Å². The van der Waals surface area contributed by atoms with Gasteiger partial charge >= 0.3 is 0 Å². The molecule has 0 aromatic heterocycles. The van der Waals surface area contributed by atoms with Crippen molar-refractivity contribution < 1.29 is 13.2 Å². The van der Waals surface area contributed by atoms with Gasteiger partial charge in [-0.25, -0.2) is 8.42 Å². The highest BCUT2D eigenvalue weighted by Gasteiger charge is 2.28. The SMILES string of the molecule is COCc1ccc(CNc2cccc(N3CCCS3(=O)=O)c2)cc1. The second-order valence-corrected chi connectivity index (χ2v) is 7.91. The van der Waals surface area contributed by atoms with Gasteiger partial charge in [-0.1, -0.05) is 30.3 Å². The molecule has 2 aromatic carbocycles. The summed E-state index contributed by atoms with van der Waals surface area (Å²) in [5.74, 6) is 0.235. The van der Waals surface area contributed by atoms with Crippen molar-refractivity contribution in [2.45, 2.75) is 19.6 Å². The predicted molar refractivity (Wildman–Crippen MR) is 96.7 cm³/mol. The van der Waals surface area contributed by atoms with Crippen LogP contribution in [0, 0.1) is 0 Å². The third kappa shape index (κ3) is 3.88. The van der Waals surface area contributed by atoms with Gasteiger partial charge in [-0.05, 0) is 35.7 Å². The summed E-state index contributed by atoms with van der Waals surface area (Å²) in [6, 6.07) is 15.8. The average molecular weight is 346 g/mol. The molecule has 0 aliphatic carbocycles. The number of hydrogen-bond acceptors (Lipinski definition) is 4. The molecule has 1 heterocycles. The first-order valence-electron chi connectivity index (χ1n) is 7.99. The minimum Gasteiger partial charge on any atom is -0.381 e. The zero-order valence-electron chi connectivity index (χ0n) is 13.7. The van der Waals surface area contributed by atoms with E-state index in [1.54, 1.807) is 7.11 Å². The zero-order valence-corrected chi connectivity index (χ0v) is 14.6. The molecule has 6 heteroatoms. The van der Waals surface area contributed by atoms with Crippen molar-refractivity contribution >= 4 is 21.4 Å². The van der Waals surface area contributed by atoms with Crippen LogP contribution in [0.5, 0.6) is 0 Å². The molecule has 24 heavy (non-hydrogen) atoms. The van der Waals surface area contributed by atoms with Crippen LogP contribution in [0.15, 0.2) is 48.5 Å². The van der Waals surface area contributed by atoms with Crippen LogP contribution in [0.2, 0.25) is 0 Å². The lowest BCUT2D eigenvalue weighted by atomic mass is 10.1. The van der Waals surface area contributed by atoms with Crippen LogP contribution in [0.25, 0.3) is 0 Å². The van der Waals surface area contributed by atoms with E-state index in [2.05, 4.69) is 17.4 Å². The molecule has 0 radical (unpaired) electrons. The summed E-state index contributed by atoms with van der Waals surface area (Å²) in [6.45, 7) is 1.86. The van der Waals surface area contributed by atoms with Gasteiger partial charge in [0.25, 0.3) is 0 Å². The van der Waals surface area contributed by atoms with E-state index in [1.807, 2.05) is 36.4 Å². The van der Waals surface area contributed by atoms with E-state index in [9.17, 15) is 8.42 Å². The Morgan fingerprint density at radius 1 is 1.12 bits per heavy atom. The highest BCUT2D eigenvalue weighted by atomic mass is 32.2. The molecule has 0 saturated carbocycles. The molecule has 2 aromatic rings. The fourth-order valence-corrected chi connectivity index (χ4v) is 4.38. The average Bonchev–Trinajstić information content (AvgIpc) is 2.94. The molecule has 1 fully saturated rings. The first kappa shape index (κ1) is 16.8. The predicted octanol–water partition coefficient (Wildman–Crippen LogP) is 2.99. The lowest BCUT2D eigenvalue weighted by molar-refractivity contribution is 0.185. The minimum atomic E-state index is -3.14. The second-order valence-electron chi connectivity index (χ2n) is 5.90. The monoisotopic (exact) mass is 346 g/mol. The van der Waals surface area contributed by atoms with Gasteiger partial charge in [0.1, 0.15) is 0 Å². The van der Waals surface area contributed by atoms with Crippen molar-refractivity contribution in [3.05, 3.63) is 59.7 Å². The normalized spacial score (nSPS) is 16.3. The summed E-state index contributed by atoms with van der Waals surface area (Å²) in [6.07, 6.45) is 0.688. The number of methoxy groups -OCH3 is 1. The van der Waals surface area contributed by atoms with Crippen LogP contribution >= 0.6 is 0 Å². The Bertz CT molecular complexity index is 788. The number of nitrogens with zero attached hydrogens (tertiary/aromatic N) is 1. The number of anilines is 2. The number of hydrogen-bond donors (Lipinski definition) is 1. The first-order chi connectivity index (χ1) is 11.6. The number of ether oxygens (including phenoxy) is 1. The van der Waals surface area contributed by atoms with Crippen LogP contribution in [0.1, 0.15) is 17.5 Å². The highest BCUT2D eigenvalue weighted by molar-refractivity contribution is 7.93. The summed E-state index contributed by atoms with van der Waals surface area (Å²) in [7, 11) is -1.46. The summed E-state index contributed by atoms with van der Waals surface area (Å²) >= 11 is 0. The Hall–Kier alpha value is -2.05. The molecule has 1 aliphatic rings. The van der Waals surface area contributed by atoms with Crippen molar-refractivity contribution in [3.8, 4) is 0 Å².